The van der Waals surface area contributed by atoms with Gasteiger partial charge in [0, 0.05) is 39.3 Å². The number of piperazine rings is 1. The number of hydrogen-bond donors (Lipinski definition) is 1. The second kappa shape index (κ2) is 7.22. The van der Waals surface area contributed by atoms with E-state index in [1.165, 1.54) is 0 Å². The molecule has 1 amide bonds. The molecule has 2 atom stereocenters. The lowest BCUT2D eigenvalue weighted by Crippen LogP contribution is -2.52. The van der Waals surface area contributed by atoms with Crippen LogP contribution in [0.4, 0.5) is 0 Å². The number of nitrogens with zero attached hydrogens (tertiary/aromatic N) is 2. The Balaban J connectivity index is 1.46. The monoisotopic (exact) mass is 304 g/mol. The van der Waals surface area contributed by atoms with Gasteiger partial charge in [0.25, 0.3) is 5.91 Å². The summed E-state index contributed by atoms with van der Waals surface area (Å²) in [7, 11) is 0. The lowest BCUT2D eigenvalue weighted by atomic mass is 10.1. The first-order valence-corrected chi connectivity index (χ1v) is 8.10. The zero-order valence-corrected chi connectivity index (χ0v) is 12.9. The van der Waals surface area contributed by atoms with E-state index in [4.69, 9.17) is 4.74 Å². The summed E-state index contributed by atoms with van der Waals surface area (Å²) in [5.41, 5.74) is 0.945. The van der Waals surface area contributed by atoms with Gasteiger partial charge in [-0.3, -0.25) is 9.69 Å². The van der Waals surface area contributed by atoms with Crippen molar-refractivity contribution in [1.29, 1.82) is 0 Å². The number of carbonyl (C=O) groups is 1. The predicted molar refractivity (Wildman–Crippen MR) is 83.4 cm³/mol. The maximum atomic E-state index is 12.3. The van der Waals surface area contributed by atoms with E-state index in [0.717, 1.165) is 44.6 Å². The van der Waals surface area contributed by atoms with Gasteiger partial charge in [-0.2, -0.15) is 0 Å². The van der Waals surface area contributed by atoms with Crippen LogP contribution in [0.1, 0.15) is 24.5 Å². The molecule has 0 bridgehead atoms. The first-order chi connectivity index (χ1) is 10.7. The van der Waals surface area contributed by atoms with Crippen LogP contribution < -0.4 is 0 Å². The molecule has 2 aliphatic rings. The van der Waals surface area contributed by atoms with Gasteiger partial charge >= 0.3 is 0 Å². The molecule has 5 nitrogen and oxygen atoms in total. The number of β-amino-alcohol motifs (C(OH)–C–C–N with tert-alkyl or cyclic N) is 1. The fraction of sp³-hybridized carbons (Fsp3) is 0.588. The third-order valence-corrected chi connectivity index (χ3v) is 4.50. The van der Waals surface area contributed by atoms with Crippen LogP contribution in [0.15, 0.2) is 30.3 Å². The van der Waals surface area contributed by atoms with Crippen molar-refractivity contribution in [2.75, 3.05) is 39.3 Å². The summed E-state index contributed by atoms with van der Waals surface area (Å²) in [6.07, 6.45) is 1.15. The summed E-state index contributed by atoms with van der Waals surface area (Å²) < 4.78 is 5.47. The number of rotatable bonds is 4. The third kappa shape index (κ3) is 3.66. The average molecular weight is 304 g/mol. The molecule has 1 N–H and O–H groups in total. The van der Waals surface area contributed by atoms with Gasteiger partial charge in [-0.15, -0.1) is 0 Å². The topological polar surface area (TPSA) is 53.0 Å². The maximum absolute atomic E-state index is 12.3. The van der Waals surface area contributed by atoms with Crippen molar-refractivity contribution in [2.24, 2.45) is 0 Å². The molecule has 120 valence electrons. The number of aliphatic hydroxyl groups excluding tert-OH is 1. The third-order valence-electron chi connectivity index (χ3n) is 4.50. The van der Waals surface area contributed by atoms with Gasteiger partial charge in [0.05, 0.1) is 6.10 Å². The largest absolute Gasteiger partial charge is 0.387 e. The van der Waals surface area contributed by atoms with Gasteiger partial charge in [0.2, 0.25) is 0 Å². The van der Waals surface area contributed by atoms with Gasteiger partial charge in [-0.05, 0) is 18.4 Å². The summed E-state index contributed by atoms with van der Waals surface area (Å²) in [4.78, 5) is 16.4. The molecule has 1 aromatic carbocycles. The molecule has 0 spiro atoms. The van der Waals surface area contributed by atoms with Crippen LogP contribution in [0.3, 0.4) is 0 Å². The smallest absolute Gasteiger partial charge is 0.251 e. The van der Waals surface area contributed by atoms with E-state index in [9.17, 15) is 9.90 Å². The number of carbonyl (C=O) groups excluding carboxylic acids is 1. The quantitative estimate of drug-likeness (QED) is 0.903. The standard InChI is InChI=1S/C17H24N2O3/c20-15(14-5-2-1-3-6-14)13-18-8-10-19(11-9-18)17(21)16-7-4-12-22-16/h1-3,5-6,15-16,20H,4,7-13H2/t15-,16-/m0/s1. The van der Waals surface area contributed by atoms with Crippen LogP contribution in [-0.2, 0) is 9.53 Å². The Morgan fingerprint density at radius 2 is 1.95 bits per heavy atom. The van der Waals surface area contributed by atoms with Crippen molar-refractivity contribution in [1.82, 2.24) is 9.80 Å². The molecule has 0 aliphatic carbocycles. The molecule has 2 heterocycles. The van der Waals surface area contributed by atoms with Crippen molar-refractivity contribution < 1.29 is 14.6 Å². The van der Waals surface area contributed by atoms with Gasteiger partial charge in [0.1, 0.15) is 6.10 Å². The van der Waals surface area contributed by atoms with Gasteiger partial charge in [-0.1, -0.05) is 30.3 Å². The number of benzene rings is 1. The van der Waals surface area contributed by atoms with Crippen LogP contribution in [0.5, 0.6) is 0 Å². The highest BCUT2D eigenvalue weighted by Crippen LogP contribution is 2.18. The summed E-state index contributed by atoms with van der Waals surface area (Å²) in [5.74, 6) is 0.140. The molecule has 0 aromatic heterocycles. The van der Waals surface area contributed by atoms with Crippen LogP contribution in [-0.4, -0.2) is 66.2 Å². The van der Waals surface area contributed by atoms with E-state index in [0.29, 0.717) is 13.2 Å². The SMILES string of the molecule is O=C([C@@H]1CCCO1)N1CCN(C[C@H](O)c2ccccc2)CC1. The number of hydrogen-bond acceptors (Lipinski definition) is 4. The fourth-order valence-electron chi connectivity index (χ4n) is 3.15. The van der Waals surface area contributed by atoms with E-state index in [1.54, 1.807) is 0 Å². The zero-order valence-electron chi connectivity index (χ0n) is 12.9. The highest BCUT2D eigenvalue weighted by molar-refractivity contribution is 5.81. The Labute approximate surface area is 131 Å². The Morgan fingerprint density at radius 3 is 2.59 bits per heavy atom. The van der Waals surface area contributed by atoms with E-state index in [1.807, 2.05) is 35.2 Å². The fourth-order valence-corrected chi connectivity index (χ4v) is 3.15. The van der Waals surface area contributed by atoms with Crippen molar-refractivity contribution in [3.63, 3.8) is 0 Å². The molecule has 0 saturated carbocycles. The Morgan fingerprint density at radius 1 is 1.23 bits per heavy atom. The minimum atomic E-state index is -0.471. The van der Waals surface area contributed by atoms with Crippen molar-refractivity contribution in [2.45, 2.75) is 25.0 Å². The predicted octanol–water partition coefficient (Wildman–Crippen LogP) is 1.04. The van der Waals surface area contributed by atoms with Crippen LogP contribution in [0.2, 0.25) is 0 Å². The van der Waals surface area contributed by atoms with Crippen molar-refractivity contribution >= 4 is 5.91 Å². The second-order valence-electron chi connectivity index (χ2n) is 6.05. The first-order valence-electron chi connectivity index (χ1n) is 8.10. The van der Waals surface area contributed by atoms with Crippen LogP contribution in [0.25, 0.3) is 0 Å². The van der Waals surface area contributed by atoms with E-state index in [-0.39, 0.29) is 12.0 Å². The molecule has 2 aliphatic heterocycles. The lowest BCUT2D eigenvalue weighted by Gasteiger charge is -2.36. The van der Waals surface area contributed by atoms with Gasteiger partial charge < -0.3 is 14.7 Å². The van der Waals surface area contributed by atoms with Crippen molar-refractivity contribution in [3.8, 4) is 0 Å². The minimum Gasteiger partial charge on any atom is -0.387 e. The van der Waals surface area contributed by atoms with E-state index >= 15 is 0 Å². The summed E-state index contributed by atoms with van der Waals surface area (Å²) >= 11 is 0. The summed E-state index contributed by atoms with van der Waals surface area (Å²) in [6, 6.07) is 9.73. The highest BCUT2D eigenvalue weighted by Gasteiger charge is 2.30. The molecule has 22 heavy (non-hydrogen) atoms. The number of ether oxygens (including phenoxy) is 1. The highest BCUT2D eigenvalue weighted by atomic mass is 16.5. The summed E-state index contributed by atoms with van der Waals surface area (Å²) in [6.45, 7) is 4.39. The zero-order chi connectivity index (χ0) is 15.4. The van der Waals surface area contributed by atoms with Crippen LogP contribution >= 0.6 is 0 Å². The number of amides is 1. The maximum Gasteiger partial charge on any atom is 0.251 e. The Kier molecular flexibility index (Phi) is 5.08. The Bertz CT molecular complexity index is 480. The molecule has 2 saturated heterocycles. The van der Waals surface area contributed by atoms with Gasteiger partial charge in [-0.25, -0.2) is 0 Å². The molecule has 0 radical (unpaired) electrons. The molecule has 1 aromatic rings. The average Bonchev–Trinajstić information content (AvgIpc) is 3.10. The first kappa shape index (κ1) is 15.5. The summed E-state index contributed by atoms with van der Waals surface area (Å²) in [5, 5.41) is 10.3. The molecular formula is C17H24N2O3. The molecule has 3 rings (SSSR count). The molecule has 0 unspecified atom stereocenters. The van der Waals surface area contributed by atoms with Crippen LogP contribution in [0, 0.1) is 0 Å². The minimum absolute atomic E-state index is 0.140. The molecule has 2 fully saturated rings. The van der Waals surface area contributed by atoms with E-state index < -0.39 is 6.10 Å². The van der Waals surface area contributed by atoms with Gasteiger partial charge in [0.15, 0.2) is 0 Å². The van der Waals surface area contributed by atoms with Crippen molar-refractivity contribution in [3.05, 3.63) is 35.9 Å². The second-order valence-corrected chi connectivity index (χ2v) is 6.05. The molecule has 5 heteroatoms. The number of aliphatic hydroxyl groups is 1. The Hall–Kier alpha value is -1.43. The lowest BCUT2D eigenvalue weighted by molar-refractivity contribution is -0.142. The van der Waals surface area contributed by atoms with E-state index in [2.05, 4.69) is 4.90 Å². The normalized spacial score (nSPS) is 24.4. The molecular weight excluding hydrogens is 280 g/mol.